The highest BCUT2D eigenvalue weighted by Gasteiger charge is 2.08. The Morgan fingerprint density at radius 3 is 2.33 bits per heavy atom. The molecule has 0 aromatic heterocycles. The van der Waals surface area contributed by atoms with Crippen LogP contribution in [0.5, 0.6) is 0 Å². The molecule has 0 unspecified atom stereocenters. The number of aliphatic carboxylic acids is 1. The summed E-state index contributed by atoms with van der Waals surface area (Å²) in [5, 5.41) is 10.9. The molecule has 1 aromatic carbocycles. The van der Waals surface area contributed by atoms with Crippen molar-refractivity contribution in [3.63, 3.8) is 0 Å². The molecule has 0 saturated heterocycles. The molecule has 0 spiro atoms. The summed E-state index contributed by atoms with van der Waals surface area (Å²) in [6.07, 6.45) is 0.356. The van der Waals surface area contributed by atoms with Gasteiger partial charge in [0.15, 0.2) is 5.78 Å². The van der Waals surface area contributed by atoms with E-state index in [-0.39, 0.29) is 37.5 Å². The highest BCUT2D eigenvalue weighted by Crippen LogP contribution is 1.99. The Hall–Kier alpha value is -2.17. The van der Waals surface area contributed by atoms with Crippen LogP contribution in [0.4, 0.5) is 0 Å². The SMILES string of the molecule is O=C(O)CCCC(=O)NCC(=O)c1ccccc1. The average molecular weight is 249 g/mol. The van der Waals surface area contributed by atoms with Crippen molar-refractivity contribution in [1.29, 1.82) is 0 Å². The third-order valence-corrected chi connectivity index (χ3v) is 2.34. The van der Waals surface area contributed by atoms with Gasteiger partial charge in [-0.3, -0.25) is 14.4 Å². The van der Waals surface area contributed by atoms with Crippen molar-refractivity contribution in [3.8, 4) is 0 Å². The van der Waals surface area contributed by atoms with Gasteiger partial charge in [-0.15, -0.1) is 0 Å². The number of benzene rings is 1. The lowest BCUT2D eigenvalue weighted by Crippen LogP contribution is -2.29. The number of rotatable bonds is 7. The Morgan fingerprint density at radius 2 is 1.72 bits per heavy atom. The summed E-state index contributed by atoms with van der Waals surface area (Å²) in [5.41, 5.74) is 0.545. The normalized spacial score (nSPS) is 9.78. The molecule has 0 saturated carbocycles. The zero-order valence-electron chi connectivity index (χ0n) is 9.89. The number of carbonyl (C=O) groups excluding carboxylic acids is 2. The van der Waals surface area contributed by atoms with E-state index in [1.807, 2.05) is 0 Å². The lowest BCUT2D eigenvalue weighted by molar-refractivity contribution is -0.137. The maximum atomic E-state index is 11.6. The summed E-state index contributed by atoms with van der Waals surface area (Å²) >= 11 is 0. The summed E-state index contributed by atoms with van der Waals surface area (Å²) in [6.45, 7) is -0.0596. The molecular weight excluding hydrogens is 234 g/mol. The van der Waals surface area contributed by atoms with Crippen LogP contribution in [-0.2, 0) is 9.59 Å². The van der Waals surface area contributed by atoms with Crippen LogP contribution in [0.25, 0.3) is 0 Å². The quantitative estimate of drug-likeness (QED) is 0.712. The predicted octanol–water partition coefficient (Wildman–Crippen LogP) is 1.24. The van der Waals surface area contributed by atoms with Gasteiger partial charge >= 0.3 is 5.97 Å². The first-order chi connectivity index (χ1) is 8.59. The van der Waals surface area contributed by atoms with Gasteiger partial charge < -0.3 is 10.4 Å². The van der Waals surface area contributed by atoms with E-state index in [1.54, 1.807) is 30.3 Å². The molecule has 1 amide bonds. The van der Waals surface area contributed by atoms with Crippen LogP contribution in [0.3, 0.4) is 0 Å². The standard InChI is InChI=1S/C13H15NO4/c15-11(10-5-2-1-3-6-10)9-14-12(16)7-4-8-13(17)18/h1-3,5-6H,4,7-9H2,(H,14,16)(H,17,18). The Balaban J connectivity index is 2.26. The van der Waals surface area contributed by atoms with Gasteiger partial charge in [0.2, 0.25) is 5.91 Å². The molecule has 1 rings (SSSR count). The fourth-order valence-corrected chi connectivity index (χ4v) is 1.39. The summed E-state index contributed by atoms with van der Waals surface area (Å²) in [7, 11) is 0. The van der Waals surface area contributed by atoms with Crippen molar-refractivity contribution in [2.24, 2.45) is 0 Å². The number of carbonyl (C=O) groups is 3. The van der Waals surface area contributed by atoms with Crippen LogP contribution in [0.1, 0.15) is 29.6 Å². The smallest absolute Gasteiger partial charge is 0.303 e. The van der Waals surface area contributed by atoms with Gasteiger partial charge in [0.25, 0.3) is 0 Å². The first kappa shape index (κ1) is 13.9. The molecule has 0 fully saturated rings. The summed E-state index contributed by atoms with van der Waals surface area (Å²) in [4.78, 5) is 33.2. The third kappa shape index (κ3) is 5.25. The number of hydrogen-bond acceptors (Lipinski definition) is 3. The molecular formula is C13H15NO4. The Bertz CT molecular complexity index is 428. The molecule has 1 aromatic rings. The van der Waals surface area contributed by atoms with E-state index in [2.05, 4.69) is 5.32 Å². The van der Waals surface area contributed by atoms with Crippen LogP contribution >= 0.6 is 0 Å². The first-order valence-corrected chi connectivity index (χ1v) is 5.66. The van der Waals surface area contributed by atoms with E-state index in [0.29, 0.717) is 5.56 Å². The Morgan fingerprint density at radius 1 is 1.06 bits per heavy atom. The van der Waals surface area contributed by atoms with Crippen molar-refractivity contribution in [2.75, 3.05) is 6.54 Å². The van der Waals surface area contributed by atoms with Crippen molar-refractivity contribution in [3.05, 3.63) is 35.9 Å². The van der Waals surface area contributed by atoms with Crippen molar-refractivity contribution in [1.82, 2.24) is 5.32 Å². The Kier molecular flexibility index (Phi) is 5.57. The maximum absolute atomic E-state index is 11.6. The fourth-order valence-electron chi connectivity index (χ4n) is 1.39. The highest BCUT2D eigenvalue weighted by molar-refractivity contribution is 5.99. The van der Waals surface area contributed by atoms with Gasteiger partial charge in [-0.1, -0.05) is 30.3 Å². The van der Waals surface area contributed by atoms with Gasteiger partial charge in [-0.25, -0.2) is 0 Å². The van der Waals surface area contributed by atoms with Gasteiger partial charge in [-0.2, -0.15) is 0 Å². The van der Waals surface area contributed by atoms with E-state index >= 15 is 0 Å². The largest absolute Gasteiger partial charge is 0.481 e. The number of amides is 1. The summed E-state index contributed by atoms with van der Waals surface area (Å²) in [5.74, 6) is -1.40. The van der Waals surface area contributed by atoms with E-state index in [1.165, 1.54) is 0 Å². The average Bonchev–Trinajstić information content (AvgIpc) is 2.36. The molecule has 96 valence electrons. The molecule has 0 bridgehead atoms. The number of hydrogen-bond donors (Lipinski definition) is 2. The maximum Gasteiger partial charge on any atom is 0.303 e. The molecule has 0 aliphatic rings. The Labute approximate surface area is 105 Å². The van der Waals surface area contributed by atoms with Crippen LogP contribution < -0.4 is 5.32 Å². The zero-order chi connectivity index (χ0) is 13.4. The first-order valence-electron chi connectivity index (χ1n) is 5.66. The van der Waals surface area contributed by atoms with Gasteiger partial charge in [0.1, 0.15) is 0 Å². The second-order valence-electron chi connectivity index (χ2n) is 3.81. The van der Waals surface area contributed by atoms with Crippen LogP contribution in [0, 0.1) is 0 Å². The lowest BCUT2D eigenvalue weighted by Gasteiger charge is -2.04. The minimum Gasteiger partial charge on any atom is -0.481 e. The molecule has 5 nitrogen and oxygen atoms in total. The van der Waals surface area contributed by atoms with Crippen molar-refractivity contribution in [2.45, 2.75) is 19.3 Å². The second-order valence-corrected chi connectivity index (χ2v) is 3.81. The molecule has 0 heterocycles. The number of Topliss-reactive ketones (excluding diaryl/α,β-unsaturated/α-hetero) is 1. The van der Waals surface area contributed by atoms with Crippen molar-refractivity contribution < 1.29 is 19.5 Å². The summed E-state index contributed by atoms with van der Waals surface area (Å²) < 4.78 is 0. The predicted molar refractivity (Wildman–Crippen MR) is 65.3 cm³/mol. The van der Waals surface area contributed by atoms with Gasteiger partial charge in [0, 0.05) is 18.4 Å². The van der Waals surface area contributed by atoms with E-state index in [9.17, 15) is 14.4 Å². The third-order valence-electron chi connectivity index (χ3n) is 2.34. The fraction of sp³-hybridized carbons (Fsp3) is 0.308. The topological polar surface area (TPSA) is 83.5 Å². The van der Waals surface area contributed by atoms with Gasteiger partial charge in [0.05, 0.1) is 6.54 Å². The summed E-state index contributed by atoms with van der Waals surface area (Å²) in [6, 6.07) is 8.67. The highest BCUT2D eigenvalue weighted by atomic mass is 16.4. The van der Waals surface area contributed by atoms with Gasteiger partial charge in [-0.05, 0) is 6.42 Å². The van der Waals surface area contributed by atoms with E-state index < -0.39 is 5.97 Å². The van der Waals surface area contributed by atoms with Crippen LogP contribution in [0.2, 0.25) is 0 Å². The zero-order valence-corrected chi connectivity index (χ0v) is 9.89. The molecule has 18 heavy (non-hydrogen) atoms. The molecule has 5 heteroatoms. The lowest BCUT2D eigenvalue weighted by atomic mass is 10.1. The number of carboxylic acids is 1. The van der Waals surface area contributed by atoms with Crippen LogP contribution in [0.15, 0.2) is 30.3 Å². The molecule has 0 aliphatic carbocycles. The monoisotopic (exact) mass is 249 g/mol. The van der Waals surface area contributed by atoms with E-state index in [4.69, 9.17) is 5.11 Å². The number of ketones is 1. The second kappa shape index (κ2) is 7.21. The molecule has 0 radical (unpaired) electrons. The van der Waals surface area contributed by atoms with Crippen LogP contribution in [-0.4, -0.2) is 29.3 Å². The minimum absolute atomic E-state index is 0.0416. The minimum atomic E-state index is -0.928. The van der Waals surface area contributed by atoms with Crippen molar-refractivity contribution >= 4 is 17.7 Å². The number of nitrogens with one attached hydrogen (secondary N) is 1. The molecule has 2 N–H and O–H groups in total. The molecule has 0 aliphatic heterocycles. The van der Waals surface area contributed by atoms with E-state index in [0.717, 1.165) is 0 Å². The number of carboxylic acid groups (broad SMARTS) is 1. The molecule has 0 atom stereocenters.